The van der Waals surface area contributed by atoms with Crippen LogP contribution in [0.2, 0.25) is 10.0 Å². The molecule has 1 aliphatic rings. The maximum atomic E-state index is 13.6. The van der Waals surface area contributed by atoms with E-state index >= 15 is 0 Å². The quantitative estimate of drug-likeness (QED) is 0.450. The Hall–Kier alpha value is -2.68. The molecule has 0 amide bonds. The number of carbonyl (C=O) groups is 1. The summed E-state index contributed by atoms with van der Waals surface area (Å²) in [5, 5.41) is 0.753. The molecule has 2 aromatic rings. The Morgan fingerprint density at radius 2 is 1.93 bits per heavy atom. The summed E-state index contributed by atoms with van der Waals surface area (Å²) < 4.78 is 18.6. The Morgan fingerprint density at radius 3 is 2.52 bits per heavy atom. The standard InChI is InChI=1S/C22H17Cl2FN2O2/c1-12-19(22(28)29-3)20(16-9-8-15(25)11-17(16)24)21(26-2)18(27-12)10-13-4-6-14(23)7-5-13/h4-9,11,19-20H,10H2,1,3H3. The first kappa shape index (κ1) is 21.0. The zero-order valence-corrected chi connectivity index (χ0v) is 17.3. The lowest BCUT2D eigenvalue weighted by Gasteiger charge is -2.30. The molecule has 148 valence electrons. The summed E-state index contributed by atoms with van der Waals surface area (Å²) in [6.45, 7) is 9.50. The summed E-state index contributed by atoms with van der Waals surface area (Å²) >= 11 is 12.3. The van der Waals surface area contributed by atoms with E-state index in [0.29, 0.717) is 28.4 Å². The summed E-state index contributed by atoms with van der Waals surface area (Å²) in [5.41, 5.74) is 2.73. The highest BCUT2D eigenvalue weighted by Gasteiger charge is 2.41. The summed E-state index contributed by atoms with van der Waals surface area (Å²) in [6.07, 6.45) is 0.384. The van der Waals surface area contributed by atoms with Crippen molar-refractivity contribution < 1.29 is 13.9 Å². The van der Waals surface area contributed by atoms with Crippen molar-refractivity contribution in [2.45, 2.75) is 19.3 Å². The summed E-state index contributed by atoms with van der Waals surface area (Å²) in [7, 11) is 1.28. The van der Waals surface area contributed by atoms with Gasteiger partial charge in [-0.2, -0.15) is 0 Å². The Bertz CT molecular complexity index is 1060. The number of hydrogen-bond acceptors (Lipinski definition) is 3. The molecule has 2 aromatic carbocycles. The van der Waals surface area contributed by atoms with Gasteiger partial charge in [0.15, 0.2) is 5.70 Å². The van der Waals surface area contributed by atoms with Crippen LogP contribution in [-0.4, -0.2) is 18.8 Å². The molecule has 29 heavy (non-hydrogen) atoms. The van der Waals surface area contributed by atoms with Crippen LogP contribution in [-0.2, 0) is 16.0 Å². The van der Waals surface area contributed by atoms with Crippen LogP contribution in [0, 0.1) is 18.3 Å². The average Bonchev–Trinajstić information content (AvgIpc) is 2.69. The molecule has 0 spiro atoms. The molecule has 7 heteroatoms. The maximum Gasteiger partial charge on any atom is 0.314 e. The lowest BCUT2D eigenvalue weighted by molar-refractivity contribution is -0.143. The van der Waals surface area contributed by atoms with Crippen LogP contribution < -0.4 is 0 Å². The van der Waals surface area contributed by atoms with Gasteiger partial charge in [-0.3, -0.25) is 9.79 Å². The number of aliphatic imine (C=N–C) groups is 1. The molecule has 1 heterocycles. The van der Waals surface area contributed by atoms with Crippen molar-refractivity contribution in [2.75, 3.05) is 7.11 Å². The number of allylic oxidation sites excluding steroid dienone is 2. The van der Waals surface area contributed by atoms with E-state index in [-0.39, 0.29) is 10.7 Å². The lowest BCUT2D eigenvalue weighted by atomic mass is 9.78. The van der Waals surface area contributed by atoms with E-state index in [1.807, 2.05) is 12.1 Å². The summed E-state index contributed by atoms with van der Waals surface area (Å²) in [6, 6.07) is 11.2. The smallest absolute Gasteiger partial charge is 0.314 e. The van der Waals surface area contributed by atoms with Crippen molar-refractivity contribution in [3.8, 4) is 0 Å². The minimum atomic E-state index is -0.818. The molecule has 0 saturated carbocycles. The topological polar surface area (TPSA) is 43.0 Å². The highest BCUT2D eigenvalue weighted by molar-refractivity contribution is 6.31. The number of rotatable bonds is 4. The zero-order chi connectivity index (χ0) is 21.1. The Balaban J connectivity index is 2.16. The second-order valence-electron chi connectivity index (χ2n) is 6.64. The second kappa shape index (κ2) is 8.77. The van der Waals surface area contributed by atoms with Gasteiger partial charge in [-0.25, -0.2) is 9.24 Å². The molecule has 2 unspecified atom stereocenters. The molecule has 0 fully saturated rings. The minimum Gasteiger partial charge on any atom is -0.469 e. The van der Waals surface area contributed by atoms with Gasteiger partial charge in [0, 0.05) is 33.8 Å². The number of nitrogens with zero attached hydrogens (tertiary/aromatic N) is 2. The van der Waals surface area contributed by atoms with Crippen LogP contribution in [0.1, 0.15) is 24.0 Å². The Labute approximate surface area is 178 Å². The van der Waals surface area contributed by atoms with Crippen LogP contribution in [0.25, 0.3) is 4.85 Å². The van der Waals surface area contributed by atoms with E-state index in [2.05, 4.69) is 9.84 Å². The molecule has 0 aliphatic carbocycles. The van der Waals surface area contributed by atoms with Crippen LogP contribution in [0.4, 0.5) is 4.39 Å². The first-order valence-electron chi connectivity index (χ1n) is 8.78. The zero-order valence-electron chi connectivity index (χ0n) is 15.7. The molecular formula is C22H17Cl2FN2O2. The fraction of sp³-hybridized carbons (Fsp3) is 0.227. The molecule has 0 N–H and O–H groups in total. The van der Waals surface area contributed by atoms with Crippen LogP contribution >= 0.6 is 23.2 Å². The Kier molecular flexibility index (Phi) is 6.36. The molecule has 4 nitrogen and oxygen atoms in total. The van der Waals surface area contributed by atoms with E-state index in [0.717, 1.165) is 5.56 Å². The van der Waals surface area contributed by atoms with Gasteiger partial charge < -0.3 is 4.74 Å². The van der Waals surface area contributed by atoms with Crippen molar-refractivity contribution in [2.24, 2.45) is 10.9 Å². The van der Waals surface area contributed by atoms with E-state index in [1.165, 1.54) is 25.3 Å². The van der Waals surface area contributed by atoms with Gasteiger partial charge in [0.05, 0.1) is 19.6 Å². The van der Waals surface area contributed by atoms with E-state index in [1.54, 1.807) is 19.1 Å². The first-order chi connectivity index (χ1) is 13.8. The Morgan fingerprint density at radius 1 is 1.24 bits per heavy atom. The van der Waals surface area contributed by atoms with Crippen LogP contribution in [0.15, 0.2) is 58.9 Å². The largest absolute Gasteiger partial charge is 0.469 e. The minimum absolute atomic E-state index is 0.144. The van der Waals surface area contributed by atoms with Gasteiger partial charge in [0.25, 0.3) is 0 Å². The molecule has 0 saturated heterocycles. The van der Waals surface area contributed by atoms with Crippen molar-refractivity contribution in [3.63, 3.8) is 0 Å². The molecule has 1 aliphatic heterocycles. The average molecular weight is 431 g/mol. The van der Waals surface area contributed by atoms with E-state index in [4.69, 9.17) is 34.5 Å². The highest BCUT2D eigenvalue weighted by atomic mass is 35.5. The fourth-order valence-corrected chi connectivity index (χ4v) is 3.90. The van der Waals surface area contributed by atoms with Gasteiger partial charge in [-0.15, -0.1) is 0 Å². The SMILES string of the molecule is [C-]#[N+]C1=C(Cc2ccc(Cl)cc2)N=C(C)C(C(=O)OC)C1c1ccc(F)cc1Cl. The lowest BCUT2D eigenvalue weighted by Crippen LogP contribution is -2.33. The maximum absolute atomic E-state index is 13.6. The van der Waals surface area contributed by atoms with Crippen molar-refractivity contribution in [1.82, 2.24) is 0 Å². The van der Waals surface area contributed by atoms with Crippen LogP contribution in [0.3, 0.4) is 0 Å². The monoisotopic (exact) mass is 430 g/mol. The molecular weight excluding hydrogens is 414 g/mol. The first-order valence-corrected chi connectivity index (χ1v) is 9.54. The third-order valence-corrected chi connectivity index (χ3v) is 5.42. The van der Waals surface area contributed by atoms with E-state index < -0.39 is 23.6 Å². The number of halogens is 3. The van der Waals surface area contributed by atoms with E-state index in [9.17, 15) is 9.18 Å². The van der Waals surface area contributed by atoms with Gasteiger partial charge in [-0.05, 0) is 42.3 Å². The molecule has 3 rings (SSSR count). The third kappa shape index (κ3) is 4.34. The normalized spacial score (nSPS) is 18.8. The number of hydrogen-bond donors (Lipinski definition) is 0. The molecule has 2 atom stereocenters. The van der Waals surface area contributed by atoms with Crippen molar-refractivity contribution in [3.05, 3.63) is 92.3 Å². The molecule has 0 radical (unpaired) electrons. The number of ether oxygens (including phenoxy) is 1. The van der Waals surface area contributed by atoms with Crippen molar-refractivity contribution >= 4 is 34.9 Å². The second-order valence-corrected chi connectivity index (χ2v) is 7.49. The van der Waals surface area contributed by atoms with Crippen LogP contribution in [0.5, 0.6) is 0 Å². The number of carbonyl (C=O) groups excluding carboxylic acids is 1. The number of esters is 1. The van der Waals surface area contributed by atoms with Gasteiger partial charge in [0.2, 0.25) is 0 Å². The van der Waals surface area contributed by atoms with Crippen molar-refractivity contribution in [1.29, 1.82) is 0 Å². The summed E-state index contributed by atoms with van der Waals surface area (Å²) in [5.74, 6) is -2.55. The van der Waals surface area contributed by atoms with Gasteiger partial charge >= 0.3 is 5.97 Å². The molecule has 0 aromatic heterocycles. The third-order valence-electron chi connectivity index (χ3n) is 4.84. The fourth-order valence-electron chi connectivity index (χ4n) is 3.49. The molecule has 0 bridgehead atoms. The predicted molar refractivity (Wildman–Crippen MR) is 112 cm³/mol. The number of benzene rings is 2. The highest BCUT2D eigenvalue weighted by Crippen LogP contribution is 2.43. The predicted octanol–water partition coefficient (Wildman–Crippen LogP) is 5.85. The van der Waals surface area contributed by atoms with Gasteiger partial charge in [0.1, 0.15) is 5.82 Å². The summed E-state index contributed by atoms with van der Waals surface area (Å²) in [4.78, 5) is 20.8. The number of methoxy groups -OCH3 is 1. The van der Waals surface area contributed by atoms with Gasteiger partial charge in [-0.1, -0.05) is 41.4 Å².